The largest absolute Gasteiger partial charge is 0.503 e. The molecule has 2 aliphatic rings. The van der Waals surface area contributed by atoms with E-state index in [4.69, 9.17) is 4.74 Å². The number of aliphatic hydroxyl groups excluding tert-OH is 1. The van der Waals surface area contributed by atoms with Gasteiger partial charge < -0.3 is 24.4 Å². The molecule has 0 saturated carbocycles. The van der Waals surface area contributed by atoms with Crippen molar-refractivity contribution in [1.29, 1.82) is 0 Å². The first-order valence-electron chi connectivity index (χ1n) is 11.1. The topological polar surface area (TPSA) is 118 Å². The quantitative estimate of drug-likeness (QED) is 0.545. The van der Waals surface area contributed by atoms with Crippen molar-refractivity contribution in [3.8, 4) is 16.3 Å². The molecule has 3 aromatic rings. The number of rotatable bonds is 5. The Hall–Kier alpha value is -3.22. The number of β-amino-alcohol motifs (C(OH)–C–C–N with tert-alkyl or cyclic N) is 1. The second kappa shape index (κ2) is 9.10. The summed E-state index contributed by atoms with van der Waals surface area (Å²) in [6.07, 6.45) is 2.64. The average Bonchev–Trinajstić information content (AvgIpc) is 3.29. The number of aliphatic hydroxyl groups is 1. The van der Waals surface area contributed by atoms with Crippen LogP contribution in [0, 0.1) is 11.6 Å². The van der Waals surface area contributed by atoms with E-state index >= 15 is 0 Å². The minimum atomic E-state index is -0.771. The number of nitrogens with zero attached hydrogens (tertiary/aromatic N) is 4. The summed E-state index contributed by atoms with van der Waals surface area (Å²) in [4.78, 5) is 27.9. The summed E-state index contributed by atoms with van der Waals surface area (Å²) < 4.78 is 34.3. The second-order valence-electron chi connectivity index (χ2n) is 8.63. The first-order valence-corrected chi connectivity index (χ1v) is 11.9. The molecule has 184 valence electrons. The number of fused-ring (bicyclic) bond motifs is 1. The smallest absolute Gasteiger partial charge is 0.275 e. The van der Waals surface area contributed by atoms with Gasteiger partial charge in [-0.05, 0) is 24.5 Å². The first-order chi connectivity index (χ1) is 16.8. The third kappa shape index (κ3) is 4.11. The van der Waals surface area contributed by atoms with Crippen LogP contribution in [-0.2, 0) is 17.7 Å². The van der Waals surface area contributed by atoms with Gasteiger partial charge in [0.1, 0.15) is 16.6 Å². The zero-order valence-electron chi connectivity index (χ0n) is 18.5. The fraction of sp³-hybridized carbons (Fsp3) is 0.391. The van der Waals surface area contributed by atoms with Crippen LogP contribution in [0.4, 0.5) is 8.78 Å². The van der Waals surface area contributed by atoms with Gasteiger partial charge in [0.25, 0.3) is 5.91 Å². The van der Waals surface area contributed by atoms with Crippen molar-refractivity contribution >= 4 is 17.2 Å². The number of amides is 1. The van der Waals surface area contributed by atoms with E-state index in [1.165, 1.54) is 17.2 Å². The lowest BCUT2D eigenvalue weighted by Gasteiger charge is -2.49. The van der Waals surface area contributed by atoms with Gasteiger partial charge in [-0.15, -0.1) is 10.2 Å². The molecular weight excluding hydrogens is 482 g/mol. The molecule has 2 aromatic heterocycles. The van der Waals surface area contributed by atoms with Gasteiger partial charge in [0.15, 0.2) is 16.5 Å². The van der Waals surface area contributed by atoms with Gasteiger partial charge in [0, 0.05) is 45.0 Å². The molecule has 9 nitrogen and oxygen atoms in total. The van der Waals surface area contributed by atoms with Crippen LogP contribution in [0.5, 0.6) is 5.75 Å². The molecule has 1 fully saturated rings. The molecule has 2 aliphatic heterocycles. The van der Waals surface area contributed by atoms with Gasteiger partial charge in [-0.2, -0.15) is 0 Å². The lowest BCUT2D eigenvalue weighted by molar-refractivity contribution is -0.0398. The number of aromatic nitrogens is 3. The molecule has 0 unspecified atom stereocenters. The second-order valence-corrected chi connectivity index (χ2v) is 9.69. The zero-order chi connectivity index (χ0) is 24.7. The summed E-state index contributed by atoms with van der Waals surface area (Å²) in [5.41, 5.74) is -1.22. The van der Waals surface area contributed by atoms with Gasteiger partial charge in [0.2, 0.25) is 5.43 Å². The number of carbonyl (C=O) groups is 1. The van der Waals surface area contributed by atoms with E-state index in [-0.39, 0.29) is 41.4 Å². The summed E-state index contributed by atoms with van der Waals surface area (Å²) >= 11 is 1.05. The number of aromatic hydroxyl groups is 1. The Morgan fingerprint density at radius 3 is 2.66 bits per heavy atom. The van der Waals surface area contributed by atoms with Crippen LogP contribution >= 0.6 is 11.3 Å². The SMILES string of the molecule is O=C1c2c(O)c(=O)c(-c3nnc(Cc4ccc(F)cc4F)s3)cn2CC2(CCOCC2)N1CCO. The summed E-state index contributed by atoms with van der Waals surface area (Å²) in [5, 5.41) is 29.0. The summed E-state index contributed by atoms with van der Waals surface area (Å²) in [7, 11) is 0. The maximum absolute atomic E-state index is 14.0. The number of carbonyl (C=O) groups excluding carboxylic acids is 1. The molecule has 35 heavy (non-hydrogen) atoms. The third-order valence-electron chi connectivity index (χ3n) is 6.54. The van der Waals surface area contributed by atoms with Gasteiger partial charge in [0.05, 0.1) is 17.7 Å². The molecule has 4 heterocycles. The molecule has 12 heteroatoms. The number of pyridine rings is 1. The fourth-order valence-electron chi connectivity index (χ4n) is 4.78. The molecule has 1 spiro atoms. The predicted molar refractivity (Wildman–Crippen MR) is 121 cm³/mol. The Kier molecular flexibility index (Phi) is 6.11. The molecule has 1 amide bonds. The highest BCUT2D eigenvalue weighted by atomic mass is 32.1. The van der Waals surface area contributed by atoms with Crippen LogP contribution in [-0.4, -0.2) is 67.7 Å². The van der Waals surface area contributed by atoms with E-state index in [1.54, 1.807) is 4.57 Å². The maximum Gasteiger partial charge on any atom is 0.275 e. The Balaban J connectivity index is 1.53. The highest BCUT2D eigenvalue weighted by molar-refractivity contribution is 7.14. The molecule has 1 saturated heterocycles. The number of benzene rings is 1. The normalized spacial score (nSPS) is 17.1. The van der Waals surface area contributed by atoms with Gasteiger partial charge >= 0.3 is 0 Å². The van der Waals surface area contributed by atoms with Crippen LogP contribution in [0.25, 0.3) is 10.6 Å². The summed E-state index contributed by atoms with van der Waals surface area (Å²) in [5.74, 6) is -2.62. The zero-order valence-corrected chi connectivity index (χ0v) is 19.4. The molecule has 5 rings (SSSR count). The van der Waals surface area contributed by atoms with Crippen molar-refractivity contribution < 1.29 is 28.5 Å². The van der Waals surface area contributed by atoms with Crippen LogP contribution in [0.3, 0.4) is 0 Å². The Morgan fingerprint density at radius 1 is 1.17 bits per heavy atom. The number of hydrogen-bond donors (Lipinski definition) is 2. The van der Waals surface area contributed by atoms with E-state index < -0.39 is 34.3 Å². The fourth-order valence-corrected chi connectivity index (χ4v) is 5.65. The van der Waals surface area contributed by atoms with Crippen molar-refractivity contribution in [2.24, 2.45) is 0 Å². The minimum Gasteiger partial charge on any atom is -0.503 e. The van der Waals surface area contributed by atoms with Crippen molar-refractivity contribution in [2.75, 3.05) is 26.4 Å². The molecule has 1 aromatic carbocycles. The van der Waals surface area contributed by atoms with E-state index in [2.05, 4.69) is 10.2 Å². The van der Waals surface area contributed by atoms with Crippen molar-refractivity contribution in [3.05, 3.63) is 62.5 Å². The van der Waals surface area contributed by atoms with Crippen LogP contribution in [0.1, 0.15) is 33.9 Å². The Morgan fingerprint density at radius 2 is 1.94 bits per heavy atom. The van der Waals surface area contributed by atoms with Crippen LogP contribution < -0.4 is 5.43 Å². The highest BCUT2D eigenvalue weighted by Crippen LogP contribution is 2.37. The van der Waals surface area contributed by atoms with Crippen molar-refractivity contribution in [3.63, 3.8) is 0 Å². The average molecular weight is 505 g/mol. The maximum atomic E-state index is 14.0. The first kappa shape index (κ1) is 23.5. The monoisotopic (exact) mass is 504 g/mol. The predicted octanol–water partition coefficient (Wildman–Crippen LogP) is 1.94. The molecule has 0 radical (unpaired) electrons. The van der Waals surface area contributed by atoms with E-state index in [1.807, 2.05) is 0 Å². The molecule has 0 bridgehead atoms. The molecule has 0 atom stereocenters. The number of halogens is 2. The van der Waals surface area contributed by atoms with Crippen molar-refractivity contribution in [2.45, 2.75) is 31.3 Å². The molecular formula is C23H22F2N4O5S. The van der Waals surface area contributed by atoms with Crippen LogP contribution in [0.15, 0.2) is 29.2 Å². The Bertz CT molecular complexity index is 1350. The molecule has 0 aliphatic carbocycles. The lowest BCUT2D eigenvalue weighted by Crippen LogP contribution is -2.61. The van der Waals surface area contributed by atoms with E-state index in [9.17, 15) is 28.6 Å². The van der Waals surface area contributed by atoms with Gasteiger partial charge in [-0.3, -0.25) is 9.59 Å². The van der Waals surface area contributed by atoms with Crippen LogP contribution in [0.2, 0.25) is 0 Å². The minimum absolute atomic E-state index is 0.0553. The van der Waals surface area contributed by atoms with Gasteiger partial charge in [-0.25, -0.2) is 8.78 Å². The molecule has 2 N–H and O–H groups in total. The standard InChI is InChI=1S/C23H22F2N4O5S/c24-14-2-1-13(16(25)10-14)9-17-26-27-21(35-17)15-11-28-12-23(3-7-34-8-4-23)29(5-6-30)22(33)18(28)20(32)19(15)31/h1-2,10-11,30,32H,3-9,12H2. The third-order valence-corrected chi connectivity index (χ3v) is 7.50. The van der Waals surface area contributed by atoms with Gasteiger partial charge in [-0.1, -0.05) is 17.4 Å². The summed E-state index contributed by atoms with van der Waals surface area (Å²) in [6, 6.07) is 3.26. The number of ether oxygens (including phenoxy) is 1. The Labute approximate surface area is 202 Å². The van der Waals surface area contributed by atoms with E-state index in [0.29, 0.717) is 37.6 Å². The van der Waals surface area contributed by atoms with E-state index in [0.717, 1.165) is 23.5 Å². The van der Waals surface area contributed by atoms with Crippen molar-refractivity contribution in [1.82, 2.24) is 19.7 Å². The number of hydrogen-bond acceptors (Lipinski definition) is 8. The highest BCUT2D eigenvalue weighted by Gasteiger charge is 2.47. The summed E-state index contributed by atoms with van der Waals surface area (Å²) in [6.45, 7) is 1.03. The lowest BCUT2D eigenvalue weighted by atomic mass is 9.85.